The maximum atomic E-state index is 11.0. The van der Waals surface area contributed by atoms with Crippen LogP contribution in [0, 0.1) is 34.5 Å². The summed E-state index contributed by atoms with van der Waals surface area (Å²) in [5, 5.41) is 19.6. The summed E-state index contributed by atoms with van der Waals surface area (Å²) < 4.78 is 0. The van der Waals surface area contributed by atoms with Gasteiger partial charge in [-0.15, -0.1) is 0 Å². The van der Waals surface area contributed by atoms with E-state index in [9.17, 15) is 9.90 Å². The maximum Gasteiger partial charge on any atom is 0.305 e. The Bertz CT molecular complexity index is 416. The van der Waals surface area contributed by atoms with Crippen molar-refractivity contribution in [2.24, 2.45) is 34.5 Å². The molecule has 2 N–H and O–H groups in total. The molecule has 0 saturated heterocycles. The van der Waals surface area contributed by atoms with E-state index in [4.69, 9.17) is 5.11 Å². The highest BCUT2D eigenvalue weighted by Gasteiger charge is 2.66. The molecule has 0 amide bonds. The van der Waals surface area contributed by atoms with Gasteiger partial charge in [-0.1, -0.05) is 27.2 Å². The minimum absolute atomic E-state index is 0.0867. The first-order chi connectivity index (χ1) is 9.27. The van der Waals surface area contributed by atoms with Gasteiger partial charge in [0.05, 0.1) is 12.5 Å². The topological polar surface area (TPSA) is 57.5 Å². The van der Waals surface area contributed by atoms with E-state index < -0.39 is 12.1 Å². The van der Waals surface area contributed by atoms with Gasteiger partial charge in [0.1, 0.15) is 0 Å². The zero-order valence-corrected chi connectivity index (χ0v) is 12.9. The number of aliphatic hydroxyl groups is 1. The first kappa shape index (κ1) is 14.4. The summed E-state index contributed by atoms with van der Waals surface area (Å²) in [5.74, 6) is 1.24. The zero-order chi connectivity index (χ0) is 14.7. The number of hydrogen-bond donors (Lipinski definition) is 2. The SMILES string of the molecule is CC1(C)CCC[C@]2(C)[C@@H]([C@@H](O)CC(=O)O)[C@H]3CC[C@@H]2[C@H]31. The Morgan fingerprint density at radius 1 is 1.25 bits per heavy atom. The third-order valence-corrected chi connectivity index (χ3v) is 7.01. The molecule has 0 heterocycles. The largest absolute Gasteiger partial charge is 0.481 e. The third-order valence-electron chi connectivity index (χ3n) is 7.01. The van der Waals surface area contributed by atoms with Gasteiger partial charge in [0.2, 0.25) is 0 Å². The number of carbonyl (C=O) groups is 1. The van der Waals surface area contributed by atoms with Crippen molar-refractivity contribution in [1.29, 1.82) is 0 Å². The highest BCUT2D eigenvalue weighted by Crippen LogP contribution is 2.71. The van der Waals surface area contributed by atoms with Gasteiger partial charge in [-0.05, 0) is 60.2 Å². The average Bonchev–Trinajstić information content (AvgIpc) is 2.78. The molecular weight excluding hydrogens is 252 g/mol. The molecule has 0 radical (unpaired) electrons. The van der Waals surface area contributed by atoms with Crippen molar-refractivity contribution in [2.75, 3.05) is 0 Å². The standard InChI is InChI=1S/C17H28O3/c1-16(2)7-4-8-17(3)11-6-5-10(14(11)16)15(17)12(18)9-13(19)20/h10-12,14-15,18H,4-9H2,1-3H3,(H,19,20)/t10-,11+,12-,14-,15+,17-/m0/s1. The highest BCUT2D eigenvalue weighted by molar-refractivity contribution is 5.67. The van der Waals surface area contributed by atoms with Crippen LogP contribution in [0.4, 0.5) is 0 Å². The van der Waals surface area contributed by atoms with Crippen LogP contribution in [0.3, 0.4) is 0 Å². The normalized spacial score (nSPS) is 47.0. The quantitative estimate of drug-likeness (QED) is 0.834. The molecule has 3 aliphatic rings. The van der Waals surface area contributed by atoms with E-state index in [1.165, 1.54) is 25.7 Å². The second-order valence-electron chi connectivity index (χ2n) is 8.41. The van der Waals surface area contributed by atoms with Crippen LogP contribution in [0.5, 0.6) is 0 Å². The molecule has 0 aromatic heterocycles. The number of aliphatic carboxylic acids is 1. The van der Waals surface area contributed by atoms with Crippen LogP contribution in [0.25, 0.3) is 0 Å². The van der Waals surface area contributed by atoms with E-state index in [2.05, 4.69) is 20.8 Å². The zero-order valence-electron chi connectivity index (χ0n) is 12.9. The lowest BCUT2D eigenvalue weighted by Gasteiger charge is -2.43. The highest BCUT2D eigenvalue weighted by atomic mass is 16.4. The smallest absolute Gasteiger partial charge is 0.305 e. The number of carboxylic acid groups (broad SMARTS) is 1. The van der Waals surface area contributed by atoms with Crippen LogP contribution >= 0.6 is 0 Å². The molecule has 20 heavy (non-hydrogen) atoms. The summed E-state index contributed by atoms with van der Waals surface area (Å²) in [4.78, 5) is 11.0. The molecule has 0 aromatic rings. The molecule has 4 bridgehead atoms. The van der Waals surface area contributed by atoms with Gasteiger partial charge < -0.3 is 10.2 Å². The van der Waals surface area contributed by atoms with Crippen molar-refractivity contribution in [3.63, 3.8) is 0 Å². The number of hydrogen-bond acceptors (Lipinski definition) is 2. The van der Waals surface area contributed by atoms with Gasteiger partial charge in [-0.3, -0.25) is 4.79 Å². The second-order valence-corrected chi connectivity index (χ2v) is 8.41. The van der Waals surface area contributed by atoms with E-state index in [0.717, 1.165) is 6.42 Å². The molecule has 3 fully saturated rings. The van der Waals surface area contributed by atoms with Gasteiger partial charge >= 0.3 is 5.97 Å². The first-order valence-corrected chi connectivity index (χ1v) is 8.17. The van der Waals surface area contributed by atoms with E-state index in [1.807, 2.05) is 0 Å². The van der Waals surface area contributed by atoms with E-state index in [1.54, 1.807) is 0 Å². The van der Waals surface area contributed by atoms with E-state index >= 15 is 0 Å². The number of rotatable bonds is 3. The minimum Gasteiger partial charge on any atom is -0.481 e. The molecule has 0 aliphatic heterocycles. The van der Waals surface area contributed by atoms with Crippen LogP contribution in [0.2, 0.25) is 0 Å². The van der Waals surface area contributed by atoms with Crippen LogP contribution in [0.15, 0.2) is 0 Å². The predicted octanol–water partition coefficient (Wildman–Crippen LogP) is 3.31. The van der Waals surface area contributed by atoms with Gasteiger partial charge in [0.25, 0.3) is 0 Å². The lowest BCUT2D eigenvalue weighted by Crippen LogP contribution is -2.42. The first-order valence-electron chi connectivity index (χ1n) is 8.17. The lowest BCUT2D eigenvalue weighted by molar-refractivity contribution is -0.141. The molecule has 0 aromatic carbocycles. The summed E-state index contributed by atoms with van der Waals surface area (Å²) in [5.41, 5.74) is 0.511. The molecule has 0 unspecified atom stereocenters. The Morgan fingerprint density at radius 2 is 1.95 bits per heavy atom. The Morgan fingerprint density at radius 3 is 2.60 bits per heavy atom. The Kier molecular flexibility index (Phi) is 3.20. The Labute approximate surface area is 121 Å². The average molecular weight is 280 g/mol. The molecule has 3 saturated carbocycles. The summed E-state index contributed by atoms with van der Waals surface area (Å²) >= 11 is 0. The number of aliphatic hydroxyl groups excluding tert-OH is 1. The van der Waals surface area contributed by atoms with Crippen molar-refractivity contribution in [3.05, 3.63) is 0 Å². The third kappa shape index (κ3) is 1.85. The fraction of sp³-hybridized carbons (Fsp3) is 0.941. The summed E-state index contributed by atoms with van der Waals surface area (Å²) in [6, 6.07) is 0. The molecule has 3 heteroatoms. The van der Waals surface area contributed by atoms with Crippen LogP contribution in [-0.2, 0) is 4.79 Å². The summed E-state index contributed by atoms with van der Waals surface area (Å²) in [6.07, 6.45) is 5.39. The van der Waals surface area contributed by atoms with Gasteiger partial charge in [0.15, 0.2) is 0 Å². The van der Waals surface area contributed by atoms with Gasteiger partial charge in [-0.2, -0.15) is 0 Å². The van der Waals surface area contributed by atoms with Crippen molar-refractivity contribution in [2.45, 2.75) is 65.4 Å². The van der Waals surface area contributed by atoms with Crippen molar-refractivity contribution in [3.8, 4) is 0 Å². The number of carboxylic acids is 1. The Balaban J connectivity index is 1.95. The van der Waals surface area contributed by atoms with Crippen LogP contribution in [-0.4, -0.2) is 22.3 Å². The van der Waals surface area contributed by atoms with Crippen molar-refractivity contribution in [1.82, 2.24) is 0 Å². The monoisotopic (exact) mass is 280 g/mol. The lowest BCUT2D eigenvalue weighted by atomic mass is 9.62. The maximum absolute atomic E-state index is 11.0. The van der Waals surface area contributed by atoms with Gasteiger partial charge in [0, 0.05) is 0 Å². The summed E-state index contributed by atoms with van der Waals surface area (Å²) in [6.45, 7) is 7.11. The summed E-state index contributed by atoms with van der Waals surface area (Å²) in [7, 11) is 0. The van der Waals surface area contributed by atoms with Crippen LogP contribution in [0.1, 0.15) is 59.3 Å². The molecule has 3 nitrogen and oxygen atoms in total. The molecule has 114 valence electrons. The van der Waals surface area contributed by atoms with Crippen LogP contribution < -0.4 is 0 Å². The Hall–Kier alpha value is -0.570. The van der Waals surface area contributed by atoms with Crippen molar-refractivity contribution >= 4 is 5.97 Å². The molecular formula is C17H28O3. The molecule has 3 aliphatic carbocycles. The fourth-order valence-corrected chi connectivity index (χ4v) is 6.51. The minimum atomic E-state index is -0.865. The van der Waals surface area contributed by atoms with E-state index in [0.29, 0.717) is 23.2 Å². The second kappa shape index (κ2) is 4.46. The molecule has 0 spiro atoms. The predicted molar refractivity (Wildman–Crippen MR) is 77.2 cm³/mol. The fourth-order valence-electron chi connectivity index (χ4n) is 6.51. The van der Waals surface area contributed by atoms with Crippen molar-refractivity contribution < 1.29 is 15.0 Å². The van der Waals surface area contributed by atoms with Gasteiger partial charge in [-0.25, -0.2) is 0 Å². The molecule has 6 atom stereocenters. The molecule has 3 rings (SSSR count). The van der Waals surface area contributed by atoms with E-state index in [-0.39, 0.29) is 17.8 Å².